The number of benzene rings is 1. The molecule has 0 aliphatic carbocycles. The molecule has 1 aromatic rings. The molecule has 1 rings (SSSR count). The van der Waals surface area contributed by atoms with E-state index in [4.69, 9.17) is 10.5 Å². The predicted octanol–water partition coefficient (Wildman–Crippen LogP) is 5.29. The summed E-state index contributed by atoms with van der Waals surface area (Å²) in [5.74, 6) is 2.57. The smallest absolute Gasteiger partial charge is 0.160 e. The van der Waals surface area contributed by atoms with Gasteiger partial charge in [-0.2, -0.15) is 0 Å². The summed E-state index contributed by atoms with van der Waals surface area (Å²) >= 11 is 0. The van der Waals surface area contributed by atoms with Crippen molar-refractivity contribution in [3.8, 4) is 11.5 Å². The number of hydrogen-bond acceptors (Lipinski definition) is 4. The number of phenolic OH excluding ortho intramolecular Hbond substituents is 1. The monoisotopic (exact) mass is 393 g/mol. The number of nitrogens with two attached hydrogens (primary N) is 1. The van der Waals surface area contributed by atoms with E-state index in [0.29, 0.717) is 30.6 Å². The number of rotatable bonds is 14. The maximum Gasteiger partial charge on any atom is 0.160 e. The van der Waals surface area contributed by atoms with Crippen LogP contribution in [-0.4, -0.2) is 29.0 Å². The molecule has 0 aliphatic rings. The van der Waals surface area contributed by atoms with Crippen molar-refractivity contribution in [3.63, 3.8) is 0 Å². The van der Waals surface area contributed by atoms with Crippen LogP contribution >= 0.6 is 0 Å². The molecule has 28 heavy (non-hydrogen) atoms. The summed E-state index contributed by atoms with van der Waals surface area (Å²) in [5.41, 5.74) is 6.77. The third kappa shape index (κ3) is 9.79. The van der Waals surface area contributed by atoms with Crippen LogP contribution in [0.2, 0.25) is 0 Å². The molecule has 1 aromatic carbocycles. The molecule has 0 fully saturated rings. The first-order valence-electron chi connectivity index (χ1n) is 11.0. The molecular weight excluding hydrogens is 350 g/mol. The summed E-state index contributed by atoms with van der Waals surface area (Å²) in [4.78, 5) is 0. The van der Waals surface area contributed by atoms with Crippen molar-refractivity contribution in [2.24, 2.45) is 23.5 Å². The second-order valence-corrected chi connectivity index (χ2v) is 9.49. The van der Waals surface area contributed by atoms with Gasteiger partial charge in [-0.15, -0.1) is 0 Å². The van der Waals surface area contributed by atoms with E-state index in [1.54, 1.807) is 6.07 Å². The molecule has 0 amide bonds. The Bertz CT molecular complexity index is 559. The SMILES string of the molecule is CC(C)CCCC(C)CCOc1ccc(CCC(N)(CO)CC(C)C)cc1O. The number of phenols is 1. The van der Waals surface area contributed by atoms with Gasteiger partial charge in [0, 0.05) is 5.54 Å². The van der Waals surface area contributed by atoms with Crippen molar-refractivity contribution in [3.05, 3.63) is 23.8 Å². The molecule has 2 atom stereocenters. The molecule has 4 nitrogen and oxygen atoms in total. The number of hydrogen-bond donors (Lipinski definition) is 3. The van der Waals surface area contributed by atoms with Gasteiger partial charge in [0.15, 0.2) is 11.5 Å². The van der Waals surface area contributed by atoms with E-state index >= 15 is 0 Å². The van der Waals surface area contributed by atoms with E-state index in [1.165, 1.54) is 19.3 Å². The molecule has 4 heteroatoms. The van der Waals surface area contributed by atoms with E-state index in [9.17, 15) is 10.2 Å². The van der Waals surface area contributed by atoms with Crippen LogP contribution in [0.1, 0.15) is 78.7 Å². The van der Waals surface area contributed by atoms with Crippen LogP contribution in [0.4, 0.5) is 0 Å². The zero-order valence-corrected chi connectivity index (χ0v) is 18.7. The molecule has 0 aromatic heterocycles. The first-order valence-corrected chi connectivity index (χ1v) is 11.0. The highest BCUT2D eigenvalue weighted by molar-refractivity contribution is 5.41. The maximum absolute atomic E-state index is 10.3. The van der Waals surface area contributed by atoms with Gasteiger partial charge in [-0.1, -0.05) is 59.9 Å². The fourth-order valence-corrected chi connectivity index (χ4v) is 3.68. The van der Waals surface area contributed by atoms with Gasteiger partial charge in [0.2, 0.25) is 0 Å². The number of aliphatic hydroxyl groups excluding tert-OH is 1. The Morgan fingerprint density at radius 2 is 1.75 bits per heavy atom. The number of aliphatic hydroxyl groups is 1. The summed E-state index contributed by atoms with van der Waals surface area (Å²) < 4.78 is 5.79. The molecule has 0 radical (unpaired) electrons. The molecule has 0 heterocycles. The van der Waals surface area contributed by atoms with Crippen molar-refractivity contribution in [2.45, 2.75) is 85.1 Å². The Morgan fingerprint density at radius 1 is 1.04 bits per heavy atom. The van der Waals surface area contributed by atoms with Crippen LogP contribution in [0, 0.1) is 17.8 Å². The Morgan fingerprint density at radius 3 is 2.32 bits per heavy atom. The molecule has 0 saturated carbocycles. The predicted molar refractivity (Wildman–Crippen MR) is 118 cm³/mol. The molecule has 2 unspecified atom stereocenters. The zero-order chi connectivity index (χ0) is 21.2. The largest absolute Gasteiger partial charge is 0.504 e. The fraction of sp³-hybridized carbons (Fsp3) is 0.750. The average Bonchev–Trinajstić information content (AvgIpc) is 2.61. The van der Waals surface area contributed by atoms with Crippen molar-refractivity contribution < 1.29 is 14.9 Å². The normalized spacial score (nSPS) is 15.0. The van der Waals surface area contributed by atoms with Crippen LogP contribution in [-0.2, 0) is 6.42 Å². The fourth-order valence-electron chi connectivity index (χ4n) is 3.68. The van der Waals surface area contributed by atoms with Gasteiger partial charge in [-0.25, -0.2) is 0 Å². The van der Waals surface area contributed by atoms with Crippen LogP contribution in [0.5, 0.6) is 11.5 Å². The molecule has 0 bridgehead atoms. The van der Waals surface area contributed by atoms with Crippen LogP contribution in [0.3, 0.4) is 0 Å². The number of aryl methyl sites for hydroxylation is 1. The molecule has 4 N–H and O–H groups in total. The van der Waals surface area contributed by atoms with E-state index in [1.807, 2.05) is 12.1 Å². The summed E-state index contributed by atoms with van der Waals surface area (Å²) in [5, 5.41) is 19.9. The Balaban J connectivity index is 2.45. The maximum atomic E-state index is 10.3. The van der Waals surface area contributed by atoms with E-state index in [2.05, 4.69) is 34.6 Å². The van der Waals surface area contributed by atoms with Gasteiger partial charge in [-0.05, 0) is 61.1 Å². The highest BCUT2D eigenvalue weighted by Gasteiger charge is 2.25. The summed E-state index contributed by atoms with van der Waals surface area (Å²) in [6.07, 6.45) is 6.98. The van der Waals surface area contributed by atoms with E-state index in [-0.39, 0.29) is 12.4 Å². The lowest BCUT2D eigenvalue weighted by molar-refractivity contribution is 0.165. The quantitative estimate of drug-likeness (QED) is 0.401. The molecule has 0 aliphatic heterocycles. The lowest BCUT2D eigenvalue weighted by atomic mass is 9.85. The average molecular weight is 394 g/mol. The first kappa shape index (κ1) is 24.8. The highest BCUT2D eigenvalue weighted by Crippen LogP contribution is 2.29. The van der Waals surface area contributed by atoms with Crippen LogP contribution in [0.25, 0.3) is 0 Å². The minimum Gasteiger partial charge on any atom is -0.504 e. The van der Waals surface area contributed by atoms with Crippen molar-refractivity contribution in [1.82, 2.24) is 0 Å². The number of aromatic hydroxyl groups is 1. The Hall–Kier alpha value is -1.26. The van der Waals surface area contributed by atoms with Crippen molar-refractivity contribution in [1.29, 1.82) is 0 Å². The summed E-state index contributed by atoms with van der Waals surface area (Å²) in [6.45, 7) is 11.6. The minimum atomic E-state index is -0.565. The van der Waals surface area contributed by atoms with Crippen LogP contribution < -0.4 is 10.5 Å². The van der Waals surface area contributed by atoms with Crippen molar-refractivity contribution in [2.75, 3.05) is 13.2 Å². The first-order chi connectivity index (χ1) is 13.1. The molecule has 0 saturated heterocycles. The van der Waals surface area contributed by atoms with Crippen molar-refractivity contribution >= 4 is 0 Å². The zero-order valence-electron chi connectivity index (χ0n) is 18.7. The minimum absolute atomic E-state index is 0.0201. The summed E-state index contributed by atoms with van der Waals surface area (Å²) in [7, 11) is 0. The Labute approximate surface area is 172 Å². The van der Waals surface area contributed by atoms with Crippen LogP contribution in [0.15, 0.2) is 18.2 Å². The molecule has 162 valence electrons. The Kier molecular flexibility index (Phi) is 10.9. The third-order valence-corrected chi connectivity index (χ3v) is 5.41. The third-order valence-electron chi connectivity index (χ3n) is 5.41. The lowest BCUT2D eigenvalue weighted by Gasteiger charge is -2.29. The topological polar surface area (TPSA) is 75.7 Å². The lowest BCUT2D eigenvalue weighted by Crippen LogP contribution is -2.45. The molecular formula is C24H43NO3. The van der Waals surface area contributed by atoms with Gasteiger partial charge in [-0.3, -0.25) is 0 Å². The number of ether oxygens (including phenoxy) is 1. The van der Waals surface area contributed by atoms with E-state index in [0.717, 1.165) is 30.7 Å². The van der Waals surface area contributed by atoms with Gasteiger partial charge < -0.3 is 20.7 Å². The van der Waals surface area contributed by atoms with E-state index < -0.39 is 5.54 Å². The standard InChI is InChI=1S/C24H43NO3/c1-18(2)7-6-8-20(5)12-14-28-23-10-9-21(15-22(23)27)11-13-24(25,17-26)16-19(3)4/h9-10,15,18-20,26-27H,6-8,11-14,16-17,25H2,1-5H3. The molecule has 0 spiro atoms. The second kappa shape index (κ2) is 12.3. The highest BCUT2D eigenvalue weighted by atomic mass is 16.5. The van der Waals surface area contributed by atoms with Gasteiger partial charge >= 0.3 is 0 Å². The van der Waals surface area contributed by atoms with Gasteiger partial charge in [0.05, 0.1) is 13.2 Å². The van der Waals surface area contributed by atoms with Gasteiger partial charge in [0.1, 0.15) is 0 Å². The van der Waals surface area contributed by atoms with Gasteiger partial charge in [0.25, 0.3) is 0 Å². The second-order valence-electron chi connectivity index (χ2n) is 9.49. The summed E-state index contributed by atoms with van der Waals surface area (Å²) in [6, 6.07) is 5.58.